The quantitative estimate of drug-likeness (QED) is 0.785. The summed E-state index contributed by atoms with van der Waals surface area (Å²) in [6.45, 7) is 0. The van der Waals surface area contributed by atoms with E-state index >= 15 is 0 Å². The highest BCUT2D eigenvalue weighted by atomic mass is 35.5. The molecule has 1 aromatic rings. The first-order chi connectivity index (χ1) is 8.75. The Hall–Kier alpha value is -1.09. The van der Waals surface area contributed by atoms with E-state index in [1.807, 2.05) is 0 Å². The number of aromatic nitrogens is 1. The minimum Gasteiger partial charge on any atom is -0.333 e. The Morgan fingerprint density at radius 1 is 1.17 bits per heavy atom. The Balaban J connectivity index is 1.81. The Kier molecular flexibility index (Phi) is 3.25. The van der Waals surface area contributed by atoms with Crippen LogP contribution in [0.2, 0.25) is 5.15 Å². The highest BCUT2D eigenvalue weighted by molar-refractivity contribution is 6.29. The SMILES string of the molecule is O=C(c1ccc(Cl)nc1)N(C1CCCC1)C1CC1. The second-order valence-electron chi connectivity index (χ2n) is 5.25. The summed E-state index contributed by atoms with van der Waals surface area (Å²) in [4.78, 5) is 18.7. The molecule has 0 aliphatic heterocycles. The van der Waals surface area contributed by atoms with Gasteiger partial charge >= 0.3 is 0 Å². The maximum absolute atomic E-state index is 12.6. The molecule has 3 rings (SSSR count). The molecule has 1 aromatic heterocycles. The van der Waals surface area contributed by atoms with E-state index in [2.05, 4.69) is 9.88 Å². The van der Waals surface area contributed by atoms with Crippen molar-refractivity contribution >= 4 is 17.5 Å². The van der Waals surface area contributed by atoms with E-state index in [0.29, 0.717) is 22.8 Å². The average molecular weight is 265 g/mol. The second-order valence-corrected chi connectivity index (χ2v) is 5.64. The van der Waals surface area contributed by atoms with E-state index in [-0.39, 0.29) is 5.91 Å². The Morgan fingerprint density at radius 2 is 1.83 bits per heavy atom. The fraction of sp³-hybridized carbons (Fsp3) is 0.571. The number of amides is 1. The van der Waals surface area contributed by atoms with E-state index in [1.54, 1.807) is 18.3 Å². The van der Waals surface area contributed by atoms with Gasteiger partial charge in [0.15, 0.2) is 0 Å². The first kappa shape index (κ1) is 12.0. The molecule has 3 nitrogen and oxygen atoms in total. The standard InChI is InChI=1S/C14H17ClN2O/c15-13-8-5-10(9-16-13)14(18)17(12-6-7-12)11-3-1-2-4-11/h5,8-9,11-12H,1-4,6-7H2. The first-order valence-electron chi connectivity index (χ1n) is 6.70. The molecule has 0 bridgehead atoms. The van der Waals surface area contributed by atoms with Gasteiger partial charge in [-0.05, 0) is 37.8 Å². The molecular formula is C14H17ClN2O. The van der Waals surface area contributed by atoms with E-state index in [4.69, 9.17) is 11.6 Å². The molecule has 96 valence electrons. The predicted molar refractivity (Wildman–Crippen MR) is 70.7 cm³/mol. The zero-order chi connectivity index (χ0) is 12.5. The normalized spacial score (nSPS) is 20.1. The molecule has 2 aliphatic rings. The smallest absolute Gasteiger partial charge is 0.255 e. The van der Waals surface area contributed by atoms with E-state index in [0.717, 1.165) is 25.7 Å². The molecular weight excluding hydrogens is 248 g/mol. The summed E-state index contributed by atoms with van der Waals surface area (Å²) < 4.78 is 0. The molecule has 0 radical (unpaired) electrons. The fourth-order valence-electron chi connectivity index (χ4n) is 2.82. The van der Waals surface area contributed by atoms with Gasteiger partial charge in [-0.3, -0.25) is 4.79 Å². The molecule has 0 unspecified atom stereocenters. The summed E-state index contributed by atoms with van der Waals surface area (Å²) >= 11 is 5.76. The number of halogens is 1. The number of rotatable bonds is 3. The van der Waals surface area contributed by atoms with E-state index in [9.17, 15) is 4.79 Å². The zero-order valence-electron chi connectivity index (χ0n) is 10.3. The fourth-order valence-corrected chi connectivity index (χ4v) is 2.93. The molecule has 2 aliphatic carbocycles. The Morgan fingerprint density at radius 3 is 2.39 bits per heavy atom. The lowest BCUT2D eigenvalue weighted by molar-refractivity contribution is 0.0664. The van der Waals surface area contributed by atoms with Crippen molar-refractivity contribution in [3.05, 3.63) is 29.0 Å². The summed E-state index contributed by atoms with van der Waals surface area (Å²) in [5.41, 5.74) is 0.665. The molecule has 18 heavy (non-hydrogen) atoms. The second kappa shape index (κ2) is 4.88. The van der Waals surface area contributed by atoms with E-state index in [1.165, 1.54) is 12.8 Å². The lowest BCUT2D eigenvalue weighted by Gasteiger charge is -2.29. The van der Waals surface area contributed by atoms with Gasteiger partial charge in [-0.1, -0.05) is 24.4 Å². The third kappa shape index (κ3) is 2.37. The maximum atomic E-state index is 12.6. The summed E-state index contributed by atoms with van der Waals surface area (Å²) in [6.07, 6.45) is 8.72. The largest absolute Gasteiger partial charge is 0.333 e. The first-order valence-corrected chi connectivity index (χ1v) is 7.08. The highest BCUT2D eigenvalue weighted by Crippen LogP contribution is 2.35. The highest BCUT2D eigenvalue weighted by Gasteiger charge is 2.38. The number of hydrogen-bond acceptors (Lipinski definition) is 2. The van der Waals surface area contributed by atoms with Crippen LogP contribution in [0.4, 0.5) is 0 Å². The van der Waals surface area contributed by atoms with Gasteiger partial charge in [-0.2, -0.15) is 0 Å². The lowest BCUT2D eigenvalue weighted by atomic mass is 10.1. The third-order valence-electron chi connectivity index (χ3n) is 3.87. The van der Waals surface area contributed by atoms with Gasteiger partial charge in [-0.25, -0.2) is 4.98 Å². The van der Waals surface area contributed by atoms with Crippen LogP contribution in [0.5, 0.6) is 0 Å². The van der Waals surface area contributed by atoms with Gasteiger partial charge in [0.25, 0.3) is 5.91 Å². The summed E-state index contributed by atoms with van der Waals surface area (Å²) in [5.74, 6) is 0.133. The van der Waals surface area contributed by atoms with Gasteiger partial charge in [0, 0.05) is 18.3 Å². The van der Waals surface area contributed by atoms with Crippen molar-refractivity contribution in [1.29, 1.82) is 0 Å². The van der Waals surface area contributed by atoms with Crippen LogP contribution in [0.15, 0.2) is 18.3 Å². The van der Waals surface area contributed by atoms with Gasteiger partial charge in [0.2, 0.25) is 0 Å². The van der Waals surface area contributed by atoms with Crippen molar-refractivity contribution in [2.75, 3.05) is 0 Å². The van der Waals surface area contributed by atoms with Gasteiger partial charge < -0.3 is 4.90 Å². The van der Waals surface area contributed by atoms with Crippen LogP contribution in [0.3, 0.4) is 0 Å². The Labute approximate surface area is 112 Å². The molecule has 0 aromatic carbocycles. The molecule has 4 heteroatoms. The van der Waals surface area contributed by atoms with Gasteiger partial charge in [0.05, 0.1) is 5.56 Å². The molecule has 0 saturated heterocycles. The topological polar surface area (TPSA) is 33.2 Å². The van der Waals surface area contributed by atoms with Crippen LogP contribution < -0.4 is 0 Å². The summed E-state index contributed by atoms with van der Waals surface area (Å²) in [6, 6.07) is 4.38. The van der Waals surface area contributed by atoms with Crippen LogP contribution in [-0.4, -0.2) is 27.9 Å². The zero-order valence-corrected chi connectivity index (χ0v) is 11.1. The molecule has 0 atom stereocenters. The van der Waals surface area contributed by atoms with Crippen molar-refractivity contribution in [3.8, 4) is 0 Å². The molecule has 1 heterocycles. The maximum Gasteiger partial charge on any atom is 0.255 e. The third-order valence-corrected chi connectivity index (χ3v) is 4.09. The molecule has 2 fully saturated rings. The average Bonchev–Trinajstić information content (AvgIpc) is 3.05. The van der Waals surface area contributed by atoms with Crippen LogP contribution >= 0.6 is 11.6 Å². The number of hydrogen-bond donors (Lipinski definition) is 0. The van der Waals surface area contributed by atoms with Crippen LogP contribution in [0.1, 0.15) is 48.9 Å². The van der Waals surface area contributed by atoms with Crippen LogP contribution in [0, 0.1) is 0 Å². The minimum atomic E-state index is 0.133. The van der Waals surface area contributed by atoms with Crippen molar-refractivity contribution in [2.24, 2.45) is 0 Å². The number of nitrogens with zero attached hydrogens (tertiary/aromatic N) is 2. The van der Waals surface area contributed by atoms with Crippen molar-refractivity contribution in [3.63, 3.8) is 0 Å². The molecule has 0 N–H and O–H groups in total. The summed E-state index contributed by atoms with van der Waals surface area (Å²) in [7, 11) is 0. The van der Waals surface area contributed by atoms with Crippen LogP contribution in [-0.2, 0) is 0 Å². The Bertz CT molecular complexity index is 436. The summed E-state index contributed by atoms with van der Waals surface area (Å²) in [5, 5.41) is 0.436. The number of carbonyl (C=O) groups is 1. The van der Waals surface area contributed by atoms with Crippen molar-refractivity contribution < 1.29 is 4.79 Å². The van der Waals surface area contributed by atoms with Crippen LogP contribution in [0.25, 0.3) is 0 Å². The molecule has 1 amide bonds. The van der Waals surface area contributed by atoms with Gasteiger partial charge in [0.1, 0.15) is 5.15 Å². The van der Waals surface area contributed by atoms with Crippen molar-refractivity contribution in [2.45, 2.75) is 50.6 Å². The number of pyridine rings is 1. The minimum absolute atomic E-state index is 0.133. The predicted octanol–water partition coefficient (Wildman–Crippen LogP) is 3.28. The molecule has 0 spiro atoms. The lowest BCUT2D eigenvalue weighted by Crippen LogP contribution is -2.40. The van der Waals surface area contributed by atoms with E-state index < -0.39 is 0 Å². The molecule has 2 saturated carbocycles. The monoisotopic (exact) mass is 264 g/mol. The van der Waals surface area contributed by atoms with Gasteiger partial charge in [-0.15, -0.1) is 0 Å². The number of carbonyl (C=O) groups excluding carboxylic acids is 1. The van der Waals surface area contributed by atoms with Crippen molar-refractivity contribution in [1.82, 2.24) is 9.88 Å².